The van der Waals surface area contributed by atoms with E-state index in [1.54, 1.807) is 32.0 Å². The number of ether oxygens (including phenoxy) is 6. The molecule has 141 heavy (non-hydrogen) atoms. The first-order valence-electron chi connectivity index (χ1n) is 46.9. The van der Waals surface area contributed by atoms with Crippen molar-refractivity contribution in [2.24, 2.45) is 25.0 Å². The number of para-hydroxylation sites is 3. The number of nitrogens with zero attached hydrogens (tertiary/aromatic N) is 6. The van der Waals surface area contributed by atoms with E-state index in [-0.39, 0.29) is 30.5 Å². The number of aliphatic hydroxyl groups excluding tert-OH is 1. The number of amides is 1. The first-order chi connectivity index (χ1) is 67.5. The van der Waals surface area contributed by atoms with Gasteiger partial charge in [-0.15, -0.1) is 0 Å². The summed E-state index contributed by atoms with van der Waals surface area (Å²) in [7, 11) is 4.94. The standard InChI is InChI=1S/C25H27N3O3.C24H26N4O3.C22H22ClN3O.C22H22FN3O.C21H21N3O/c1-15-11-16(2)26-18(15)13-20-23(30-6)14-19(27-20)22-12-17-9-7-8-10-21(17)28(22)24(29)31-25(3,4)5;1-14-11-15(2)26-18(14)12-19-21(31-3)13-20(27-19)23-22(24(30)25-9-6-10-29)16-7-4-5-8-17(16)28-23;2*1-12(2)27-22-11-20(19-8-15-5-6-16(23)9-18(15)25-19)26-21(22)10-17-13(3)7-14(4)24-17;1-12-9-13(2)22-20(12)14(3)21-19(25-4)11-18(24-21)17-10-15-7-5-6-8-16(15)23-17/h7-14,26H,1-6H3;4-5,7-8,11-13,26-27,29H,6,9-10H2,1-3H3,(H,25,30);2*5-12,24,26H,1-4H3;5-11,22,24H,1-4H3/b20-13-;19-12-,23-20?;2*20-19?,21-10-;18-17?,21-14+. The molecule has 5 aromatic carbocycles. The molecule has 0 saturated heterocycles. The van der Waals surface area contributed by atoms with Crippen LogP contribution in [0.4, 0.5) is 9.18 Å². The molecule has 0 fully saturated rings. The number of hydrogen-bond donors (Lipinski definition) is 11. The van der Waals surface area contributed by atoms with Gasteiger partial charge in [0, 0.05) is 143 Å². The number of carbonyl (C=O) groups is 2. The Morgan fingerprint density at radius 3 is 1.48 bits per heavy atom. The molecule has 15 aromatic rings. The second-order valence-corrected chi connectivity index (χ2v) is 37.5. The van der Waals surface area contributed by atoms with Gasteiger partial charge in [0.2, 0.25) is 0 Å². The van der Waals surface area contributed by atoms with E-state index in [0.717, 1.165) is 193 Å². The van der Waals surface area contributed by atoms with Crippen molar-refractivity contribution in [1.82, 2.24) is 54.7 Å². The Kier molecular flexibility index (Phi) is 29.1. The lowest BCUT2D eigenvalue weighted by molar-refractivity contribution is -0.115. The molecule has 0 saturated carbocycles. The second-order valence-electron chi connectivity index (χ2n) is 37.0. The van der Waals surface area contributed by atoms with Gasteiger partial charge in [0.1, 0.15) is 51.6 Å². The molecule has 1 amide bonds. The molecule has 25 nitrogen and oxygen atoms in total. The molecule has 27 heteroatoms. The van der Waals surface area contributed by atoms with Gasteiger partial charge < -0.3 is 83.7 Å². The number of rotatable bonds is 17. The Morgan fingerprint density at radius 2 is 0.957 bits per heavy atom. The molecule has 5 aliphatic heterocycles. The molecule has 722 valence electrons. The van der Waals surface area contributed by atoms with Crippen LogP contribution in [-0.4, -0.2) is 125 Å². The number of allylic oxidation sites excluding steroid dienone is 1. The number of aliphatic imine (C=N–C) groups is 1. The molecule has 0 unspecified atom stereocenters. The third-order valence-corrected chi connectivity index (χ3v) is 24.0. The van der Waals surface area contributed by atoms with Crippen molar-refractivity contribution in [3.8, 4) is 23.0 Å². The number of carbonyl (C=O) groups excluding carboxylic acids is 2. The number of H-pyrrole nitrogens is 9. The number of nitrogens with one attached hydrogen (secondary N) is 10. The summed E-state index contributed by atoms with van der Waals surface area (Å²) in [6, 6.07) is 54.2. The predicted molar refractivity (Wildman–Crippen MR) is 557 cm³/mol. The SMILES string of the molecule is COC1=CC(c2cc3ccccc3n2C(=O)OC(C)(C)C)=N/C1=C\c1[nH]c(C)cc1C.COc1cc(=C2C=c3ccccc3=N2)[nH]/c1=C(\C)c1[nH]c(C)cc1C.COc1cc(=C2N=c3ccccc3=C2C(=O)NCCCO)[nH]/c1=C\c1[nH]c(C)cc1C.Cc1cc(C)c(/C=c2\[nH]c(=C3C=c4ccc(Cl)cc4=N3)cc2OC(C)C)[nH]1.Cc1cc(C)c(/C=c2\[nH]c(=C3C=c4ccc(F)cc4=N3)cc2OC(C)C)[nH]1. The van der Waals surface area contributed by atoms with Gasteiger partial charge in [-0.05, 0) is 280 Å². The van der Waals surface area contributed by atoms with E-state index >= 15 is 0 Å². The summed E-state index contributed by atoms with van der Waals surface area (Å²) in [5, 5.41) is 27.7. The van der Waals surface area contributed by atoms with Crippen LogP contribution in [0, 0.1) is 75.1 Å². The second kappa shape index (κ2) is 41.8. The first kappa shape index (κ1) is 98.1. The lowest BCUT2D eigenvalue weighted by Crippen LogP contribution is -2.32. The zero-order valence-electron chi connectivity index (χ0n) is 83.2. The highest BCUT2D eigenvalue weighted by Crippen LogP contribution is 2.31. The fourth-order valence-corrected chi connectivity index (χ4v) is 17.6. The van der Waals surface area contributed by atoms with Crippen LogP contribution in [-0.2, 0) is 14.3 Å². The number of aliphatic hydroxyl groups is 1. The maximum Gasteiger partial charge on any atom is 0.419 e. The normalized spacial score (nSPS) is 15.6. The monoisotopic (exact) mass is 1910 g/mol. The number of aromatic nitrogens is 10. The van der Waals surface area contributed by atoms with Gasteiger partial charge >= 0.3 is 6.09 Å². The van der Waals surface area contributed by atoms with Gasteiger partial charge in [-0.25, -0.2) is 38.7 Å². The summed E-state index contributed by atoms with van der Waals surface area (Å²) in [6.07, 6.45) is 16.2. The first-order valence-corrected chi connectivity index (χ1v) is 47.3. The predicted octanol–water partition coefficient (Wildman–Crippen LogP) is 11.4. The molecule has 0 atom stereocenters. The summed E-state index contributed by atoms with van der Waals surface area (Å²) in [5.74, 6) is 3.22. The Balaban J connectivity index is 0.000000127. The number of fused-ring (bicyclic) bond motifs is 5. The van der Waals surface area contributed by atoms with Crippen LogP contribution in [0.5, 0.6) is 23.0 Å². The maximum atomic E-state index is 13.5. The van der Waals surface area contributed by atoms with Crippen LogP contribution in [0.2, 0.25) is 5.02 Å². The van der Waals surface area contributed by atoms with Crippen LogP contribution < -0.4 is 109 Å². The van der Waals surface area contributed by atoms with Crippen LogP contribution in [0.25, 0.3) is 87.4 Å². The molecular formula is C114H118ClFN16O9. The van der Waals surface area contributed by atoms with Gasteiger partial charge in [-0.3, -0.25) is 4.79 Å². The van der Waals surface area contributed by atoms with Gasteiger partial charge in [0.25, 0.3) is 5.91 Å². The molecule has 0 radical (unpaired) electrons. The van der Waals surface area contributed by atoms with Crippen molar-refractivity contribution in [3.63, 3.8) is 0 Å². The summed E-state index contributed by atoms with van der Waals surface area (Å²) < 4.78 is 49.6. The van der Waals surface area contributed by atoms with E-state index in [2.05, 4.69) is 151 Å². The lowest BCUT2D eigenvalue weighted by Gasteiger charge is -2.20. The Hall–Kier alpha value is -15.9. The largest absolute Gasteiger partial charge is 0.494 e. The number of hydrogen-bond acceptors (Lipinski definition) is 14. The van der Waals surface area contributed by atoms with Gasteiger partial charge in [-0.1, -0.05) is 72.3 Å². The number of aromatic amines is 9. The molecule has 0 bridgehead atoms. The third-order valence-electron chi connectivity index (χ3n) is 23.8. The summed E-state index contributed by atoms with van der Waals surface area (Å²) >= 11 is 6.09. The van der Waals surface area contributed by atoms with Crippen molar-refractivity contribution < 1.29 is 47.5 Å². The Labute approximate surface area is 819 Å². The minimum Gasteiger partial charge on any atom is -0.494 e. The van der Waals surface area contributed by atoms with Crippen LogP contribution >= 0.6 is 11.6 Å². The highest BCUT2D eigenvalue weighted by molar-refractivity contribution is 6.30. The maximum absolute atomic E-state index is 13.5. The number of benzene rings is 5. The topological polar surface area (TPSA) is 331 Å². The molecule has 0 aliphatic carbocycles. The summed E-state index contributed by atoms with van der Waals surface area (Å²) in [6.45, 7) is 36.7. The quantitative estimate of drug-likeness (QED) is 0.0386. The zero-order chi connectivity index (χ0) is 100. The summed E-state index contributed by atoms with van der Waals surface area (Å²) in [5.41, 5.74) is 23.6. The molecule has 5 aliphatic rings. The van der Waals surface area contributed by atoms with E-state index in [1.165, 1.54) is 28.8 Å². The van der Waals surface area contributed by atoms with Crippen molar-refractivity contribution in [2.45, 2.75) is 149 Å². The number of aryl methyl sites for hydroxylation is 10. The molecule has 0 spiro atoms. The Bertz CT molecular complexity index is 8480. The number of halogens is 2. The van der Waals surface area contributed by atoms with Crippen molar-refractivity contribution in [2.75, 3.05) is 34.5 Å². The van der Waals surface area contributed by atoms with Crippen molar-refractivity contribution >= 4 is 117 Å². The van der Waals surface area contributed by atoms with Gasteiger partial charge in [0.15, 0.2) is 0 Å². The van der Waals surface area contributed by atoms with E-state index in [4.69, 9.17) is 65.1 Å². The highest BCUT2D eigenvalue weighted by Gasteiger charge is 2.29. The van der Waals surface area contributed by atoms with E-state index in [1.807, 2.05) is 229 Å². The van der Waals surface area contributed by atoms with Crippen LogP contribution in [0.15, 0.2) is 212 Å². The minimum atomic E-state index is -0.612. The zero-order valence-corrected chi connectivity index (χ0v) is 84.0. The fraction of sp³-hybridized carbons (Fsp3) is 0.237. The molecule has 10 aromatic heterocycles. The summed E-state index contributed by atoms with van der Waals surface area (Å²) in [4.78, 5) is 80.2. The average molecular weight is 1910 g/mol. The fourth-order valence-electron chi connectivity index (χ4n) is 17.4. The van der Waals surface area contributed by atoms with Crippen LogP contribution in [0.3, 0.4) is 0 Å². The van der Waals surface area contributed by atoms with Crippen molar-refractivity contribution in [3.05, 3.63) is 374 Å². The smallest absolute Gasteiger partial charge is 0.419 e. The van der Waals surface area contributed by atoms with Gasteiger partial charge in [0.05, 0.1) is 137 Å². The van der Waals surface area contributed by atoms with Crippen LogP contribution in [0.1, 0.15) is 152 Å². The van der Waals surface area contributed by atoms with E-state index in [0.29, 0.717) is 68.6 Å². The average Bonchev–Trinajstić information content (AvgIpc) is 1.62. The Morgan fingerprint density at radius 1 is 0.482 bits per heavy atom. The highest BCUT2D eigenvalue weighted by atomic mass is 35.5. The van der Waals surface area contributed by atoms with E-state index in [9.17, 15) is 14.0 Å². The molecular weight excluding hydrogens is 1790 g/mol. The van der Waals surface area contributed by atoms with E-state index < -0.39 is 11.7 Å². The minimum absolute atomic E-state index is 0.0256. The molecule has 20 rings (SSSR count). The third kappa shape index (κ3) is 22.4. The molecule has 15 heterocycles. The van der Waals surface area contributed by atoms with Gasteiger partial charge in [-0.2, -0.15) is 0 Å². The van der Waals surface area contributed by atoms with Crippen molar-refractivity contribution in [1.29, 1.82) is 0 Å². The number of methoxy groups -OCH3 is 3. The lowest BCUT2D eigenvalue weighted by atomic mass is 10.1. The molecule has 11 N–H and O–H groups in total.